The van der Waals surface area contributed by atoms with Gasteiger partial charge in [0, 0.05) is 35.0 Å². The first kappa shape index (κ1) is 14.7. The number of nitro groups is 1. The van der Waals surface area contributed by atoms with E-state index in [1.807, 2.05) is 6.92 Å². The Labute approximate surface area is 109 Å². The summed E-state index contributed by atoms with van der Waals surface area (Å²) in [7, 11) is 0. The molecule has 1 unspecified atom stereocenters. The molecule has 0 aliphatic rings. The van der Waals surface area contributed by atoms with Crippen molar-refractivity contribution in [2.45, 2.75) is 18.7 Å². The molecular weight excluding hydrogens is 254 g/mol. The number of ketones is 1. The predicted molar refractivity (Wildman–Crippen MR) is 70.1 cm³/mol. The first-order valence-electron chi connectivity index (χ1n) is 5.48. The molecule has 5 nitrogen and oxygen atoms in total. The Balaban J connectivity index is 2.97. The summed E-state index contributed by atoms with van der Waals surface area (Å²) in [4.78, 5) is 22.3. The third-order valence-electron chi connectivity index (χ3n) is 2.39. The number of rotatable bonds is 6. The average Bonchev–Trinajstić information content (AvgIpc) is 2.35. The fourth-order valence-corrected chi connectivity index (χ4v) is 2.41. The maximum atomic E-state index is 11.5. The average molecular weight is 269 g/mol. The Morgan fingerprint density at radius 1 is 1.56 bits per heavy atom. The monoisotopic (exact) mass is 269 g/mol. The van der Waals surface area contributed by atoms with E-state index >= 15 is 0 Å². The lowest BCUT2D eigenvalue weighted by Crippen LogP contribution is -2.04. The molecule has 0 heterocycles. The van der Waals surface area contributed by atoms with Crippen molar-refractivity contribution in [2.75, 3.05) is 12.4 Å². The number of nitro benzene ring substituents is 1. The number of nitrogens with zero attached hydrogens (tertiary/aromatic N) is 1. The lowest BCUT2D eigenvalue weighted by molar-refractivity contribution is -0.384. The third-order valence-corrected chi connectivity index (χ3v) is 3.79. The molecule has 18 heavy (non-hydrogen) atoms. The van der Waals surface area contributed by atoms with Crippen LogP contribution in [0, 0.1) is 16.0 Å². The van der Waals surface area contributed by atoms with Gasteiger partial charge in [0.2, 0.25) is 0 Å². The van der Waals surface area contributed by atoms with Crippen LogP contribution < -0.4 is 0 Å². The lowest BCUT2D eigenvalue weighted by Gasteiger charge is -2.09. The molecule has 0 saturated carbocycles. The molecule has 0 radical (unpaired) electrons. The smallest absolute Gasteiger partial charge is 0.270 e. The van der Waals surface area contributed by atoms with E-state index in [9.17, 15) is 14.9 Å². The molecule has 0 amide bonds. The Bertz CT molecular complexity index is 461. The number of thioether (sulfide) groups is 1. The van der Waals surface area contributed by atoms with Gasteiger partial charge in [0.05, 0.1) is 4.92 Å². The first-order valence-corrected chi connectivity index (χ1v) is 6.47. The summed E-state index contributed by atoms with van der Waals surface area (Å²) >= 11 is 1.43. The molecule has 1 rings (SSSR count). The molecule has 0 saturated heterocycles. The Morgan fingerprint density at radius 3 is 2.72 bits per heavy atom. The Kier molecular flexibility index (Phi) is 5.30. The zero-order chi connectivity index (χ0) is 13.7. The van der Waals surface area contributed by atoms with Crippen LogP contribution in [0.4, 0.5) is 5.69 Å². The van der Waals surface area contributed by atoms with Crippen molar-refractivity contribution >= 4 is 23.2 Å². The van der Waals surface area contributed by atoms with Crippen molar-refractivity contribution in [1.82, 2.24) is 0 Å². The van der Waals surface area contributed by atoms with Crippen molar-refractivity contribution in [3.63, 3.8) is 0 Å². The number of benzene rings is 1. The van der Waals surface area contributed by atoms with Crippen LogP contribution in [-0.4, -0.2) is 28.2 Å². The molecule has 0 fully saturated rings. The van der Waals surface area contributed by atoms with E-state index in [0.717, 1.165) is 0 Å². The fraction of sp³-hybridized carbons (Fsp3) is 0.417. The normalized spacial score (nSPS) is 12.2. The number of Topliss-reactive ketones (excluding diaryl/α,β-unsaturated/α-hetero) is 1. The van der Waals surface area contributed by atoms with Crippen LogP contribution in [-0.2, 0) is 0 Å². The van der Waals surface area contributed by atoms with Crippen LogP contribution in [0.2, 0.25) is 0 Å². The SMILES string of the molecule is CC(=O)c1cc([N+](=O)[O-])ccc1SCC(C)CO. The summed E-state index contributed by atoms with van der Waals surface area (Å²) in [6.07, 6.45) is 0. The zero-order valence-electron chi connectivity index (χ0n) is 10.3. The predicted octanol–water partition coefficient (Wildman–Crippen LogP) is 2.52. The van der Waals surface area contributed by atoms with Gasteiger partial charge in [0.1, 0.15) is 0 Å². The van der Waals surface area contributed by atoms with Gasteiger partial charge in [-0.25, -0.2) is 0 Å². The topological polar surface area (TPSA) is 80.4 Å². The van der Waals surface area contributed by atoms with Gasteiger partial charge in [-0.2, -0.15) is 0 Å². The summed E-state index contributed by atoms with van der Waals surface area (Å²) in [6.45, 7) is 3.36. The number of aliphatic hydroxyl groups is 1. The maximum absolute atomic E-state index is 11.5. The summed E-state index contributed by atoms with van der Waals surface area (Å²) in [5, 5.41) is 19.6. The van der Waals surface area contributed by atoms with Crippen LogP contribution in [0.25, 0.3) is 0 Å². The first-order chi connectivity index (χ1) is 8.45. The highest BCUT2D eigenvalue weighted by Crippen LogP contribution is 2.28. The van der Waals surface area contributed by atoms with E-state index in [0.29, 0.717) is 16.2 Å². The number of carbonyl (C=O) groups excluding carboxylic acids is 1. The fourth-order valence-electron chi connectivity index (χ4n) is 1.32. The van der Waals surface area contributed by atoms with E-state index in [2.05, 4.69) is 0 Å². The van der Waals surface area contributed by atoms with Gasteiger partial charge in [-0.3, -0.25) is 14.9 Å². The Hall–Kier alpha value is -1.40. The number of hydrogen-bond acceptors (Lipinski definition) is 5. The molecule has 0 aromatic heterocycles. The molecule has 0 bridgehead atoms. The molecule has 0 aliphatic carbocycles. The van der Waals surface area contributed by atoms with E-state index in [-0.39, 0.29) is 24.0 Å². The maximum Gasteiger partial charge on any atom is 0.270 e. The van der Waals surface area contributed by atoms with Gasteiger partial charge < -0.3 is 5.11 Å². The lowest BCUT2D eigenvalue weighted by atomic mass is 10.1. The largest absolute Gasteiger partial charge is 0.396 e. The Morgan fingerprint density at radius 2 is 2.22 bits per heavy atom. The third kappa shape index (κ3) is 3.82. The highest BCUT2D eigenvalue weighted by Gasteiger charge is 2.14. The van der Waals surface area contributed by atoms with Crippen molar-refractivity contribution in [2.24, 2.45) is 5.92 Å². The molecule has 0 spiro atoms. The molecule has 1 aromatic rings. The minimum atomic E-state index is -0.517. The summed E-state index contributed by atoms with van der Waals surface area (Å²) in [6, 6.07) is 4.27. The van der Waals surface area contributed by atoms with Crippen LogP contribution in [0.1, 0.15) is 24.2 Å². The van der Waals surface area contributed by atoms with Gasteiger partial charge in [-0.1, -0.05) is 6.92 Å². The highest BCUT2D eigenvalue weighted by atomic mass is 32.2. The number of hydrogen-bond donors (Lipinski definition) is 1. The van der Waals surface area contributed by atoms with Crippen molar-refractivity contribution in [1.29, 1.82) is 0 Å². The molecule has 1 atom stereocenters. The minimum Gasteiger partial charge on any atom is -0.396 e. The summed E-state index contributed by atoms with van der Waals surface area (Å²) in [5.74, 6) is 0.581. The quantitative estimate of drug-likeness (QED) is 0.371. The van der Waals surface area contributed by atoms with E-state index < -0.39 is 4.92 Å². The standard InChI is InChI=1S/C12H15NO4S/c1-8(6-14)7-18-12-4-3-10(13(16)17)5-11(12)9(2)15/h3-5,8,14H,6-7H2,1-2H3. The number of carbonyl (C=O) groups is 1. The molecule has 6 heteroatoms. The second-order valence-corrected chi connectivity index (χ2v) is 5.15. The second-order valence-electron chi connectivity index (χ2n) is 4.09. The minimum absolute atomic E-state index is 0.0788. The summed E-state index contributed by atoms with van der Waals surface area (Å²) in [5.41, 5.74) is 0.277. The van der Waals surface area contributed by atoms with Gasteiger partial charge in [0.15, 0.2) is 5.78 Å². The van der Waals surface area contributed by atoms with Crippen molar-refractivity contribution < 1.29 is 14.8 Å². The van der Waals surface area contributed by atoms with Crippen LogP contribution in [0.3, 0.4) is 0 Å². The highest BCUT2D eigenvalue weighted by molar-refractivity contribution is 7.99. The van der Waals surface area contributed by atoms with Gasteiger partial charge in [-0.15, -0.1) is 11.8 Å². The van der Waals surface area contributed by atoms with Gasteiger partial charge >= 0.3 is 0 Å². The second kappa shape index (κ2) is 6.51. The molecule has 1 N–H and O–H groups in total. The van der Waals surface area contributed by atoms with Gasteiger partial charge in [-0.05, 0) is 18.9 Å². The molecule has 1 aromatic carbocycles. The van der Waals surface area contributed by atoms with Crippen LogP contribution >= 0.6 is 11.8 Å². The number of aliphatic hydroxyl groups excluding tert-OH is 1. The number of non-ortho nitro benzene ring substituents is 1. The van der Waals surface area contributed by atoms with Crippen LogP contribution in [0.15, 0.2) is 23.1 Å². The molecular formula is C12H15NO4S. The summed E-state index contributed by atoms with van der Waals surface area (Å²) < 4.78 is 0. The van der Waals surface area contributed by atoms with E-state index in [4.69, 9.17) is 5.11 Å². The molecule has 98 valence electrons. The zero-order valence-corrected chi connectivity index (χ0v) is 11.1. The molecule has 0 aliphatic heterocycles. The van der Waals surface area contributed by atoms with Crippen LogP contribution in [0.5, 0.6) is 0 Å². The van der Waals surface area contributed by atoms with E-state index in [1.54, 1.807) is 6.07 Å². The van der Waals surface area contributed by atoms with Crippen molar-refractivity contribution in [3.05, 3.63) is 33.9 Å². The van der Waals surface area contributed by atoms with E-state index in [1.165, 1.54) is 30.8 Å². The van der Waals surface area contributed by atoms with Crippen molar-refractivity contribution in [3.8, 4) is 0 Å². The van der Waals surface area contributed by atoms with Gasteiger partial charge in [0.25, 0.3) is 5.69 Å².